The average Bonchev–Trinajstić information content (AvgIpc) is 1.61. The molecule has 0 aliphatic rings. The lowest BCUT2D eigenvalue weighted by atomic mass is 10.2. The molecule has 0 radical (unpaired) electrons. The number of hydrogen-bond acceptors (Lipinski definition) is 0. The largest absolute Gasteiger partial charge is 0.0894 e. The number of halogens is 2. The van der Waals surface area contributed by atoms with Gasteiger partial charge in [-0.1, -0.05) is 45.7 Å². The van der Waals surface area contributed by atoms with Crippen LogP contribution in [-0.2, 0) is 0 Å². The van der Waals surface area contributed by atoms with E-state index in [1.54, 1.807) is 0 Å². The fourth-order valence-electron chi connectivity index (χ4n) is 0.459. The molecule has 2 heteroatoms. The number of rotatable bonds is 3. The van der Waals surface area contributed by atoms with Gasteiger partial charge in [-0.05, 0) is 12.8 Å². The predicted molar refractivity (Wildman–Crippen MR) is 46.0 cm³/mol. The van der Waals surface area contributed by atoms with E-state index in [0.29, 0.717) is 9.65 Å². The first-order valence-corrected chi connectivity index (χ1v) is 4.74. The Labute approximate surface area is 68.3 Å². The zero-order chi connectivity index (χ0) is 6.57. The second-order valence-electron chi connectivity index (χ2n) is 2.14. The topological polar surface area (TPSA) is 0 Å². The Hall–Kier alpha value is 0.960. The third kappa shape index (κ3) is 6.96. The molecule has 0 saturated heterocycles. The molecule has 0 amide bonds. The molecule has 0 aromatic heterocycles. The molecular formula is C6H12Br2. The highest BCUT2D eigenvalue weighted by molar-refractivity contribution is 9.09. The summed E-state index contributed by atoms with van der Waals surface area (Å²) >= 11 is 6.96. The second kappa shape index (κ2) is 4.80. The van der Waals surface area contributed by atoms with Gasteiger partial charge >= 0.3 is 0 Å². The van der Waals surface area contributed by atoms with Crippen LogP contribution in [0.4, 0.5) is 0 Å². The van der Waals surface area contributed by atoms with Crippen LogP contribution in [0.1, 0.15) is 26.7 Å². The van der Waals surface area contributed by atoms with Gasteiger partial charge < -0.3 is 0 Å². The first kappa shape index (κ1) is 8.96. The summed E-state index contributed by atoms with van der Waals surface area (Å²) in [5.74, 6) is 0. The molecule has 50 valence electrons. The van der Waals surface area contributed by atoms with E-state index < -0.39 is 0 Å². The van der Waals surface area contributed by atoms with Crippen LogP contribution in [0.3, 0.4) is 0 Å². The van der Waals surface area contributed by atoms with Crippen LogP contribution in [0.5, 0.6) is 0 Å². The van der Waals surface area contributed by atoms with Crippen LogP contribution >= 0.6 is 31.9 Å². The maximum atomic E-state index is 3.48. The normalized spacial score (nSPS) is 18.0. The summed E-state index contributed by atoms with van der Waals surface area (Å²) in [6.45, 7) is 4.35. The van der Waals surface area contributed by atoms with Crippen LogP contribution in [0.25, 0.3) is 0 Å². The van der Waals surface area contributed by atoms with Crippen LogP contribution in [0, 0.1) is 0 Å². The van der Waals surface area contributed by atoms with Crippen molar-refractivity contribution in [3.63, 3.8) is 0 Å². The van der Waals surface area contributed by atoms with E-state index in [1.165, 1.54) is 12.8 Å². The van der Waals surface area contributed by atoms with E-state index in [2.05, 4.69) is 45.7 Å². The third-order valence-electron chi connectivity index (χ3n) is 0.962. The Morgan fingerprint density at radius 3 is 1.38 bits per heavy atom. The minimum Gasteiger partial charge on any atom is -0.0894 e. The molecule has 0 heterocycles. The molecule has 0 bridgehead atoms. The highest BCUT2D eigenvalue weighted by Gasteiger charge is 1.98. The second-order valence-corrected chi connectivity index (χ2v) is 5.27. The zero-order valence-corrected chi connectivity index (χ0v) is 8.50. The van der Waals surface area contributed by atoms with Crippen molar-refractivity contribution in [3.05, 3.63) is 0 Å². The molecule has 0 nitrogen and oxygen atoms in total. The van der Waals surface area contributed by atoms with Crippen molar-refractivity contribution >= 4 is 31.9 Å². The van der Waals surface area contributed by atoms with Gasteiger partial charge in [0.05, 0.1) is 0 Å². The van der Waals surface area contributed by atoms with Gasteiger partial charge in [-0.2, -0.15) is 0 Å². The molecule has 0 N–H and O–H groups in total. The molecule has 0 aromatic rings. The van der Waals surface area contributed by atoms with E-state index in [-0.39, 0.29) is 0 Å². The quantitative estimate of drug-likeness (QED) is 0.668. The van der Waals surface area contributed by atoms with Crippen molar-refractivity contribution < 1.29 is 0 Å². The van der Waals surface area contributed by atoms with Gasteiger partial charge in [0.15, 0.2) is 0 Å². The van der Waals surface area contributed by atoms with Crippen molar-refractivity contribution in [2.45, 2.75) is 36.3 Å². The smallest absolute Gasteiger partial charge is 0.0117 e. The Kier molecular flexibility index (Phi) is 5.38. The van der Waals surface area contributed by atoms with E-state index in [1.807, 2.05) is 0 Å². The first-order valence-electron chi connectivity index (χ1n) is 2.91. The third-order valence-corrected chi connectivity index (χ3v) is 1.88. The van der Waals surface area contributed by atoms with Crippen molar-refractivity contribution in [1.82, 2.24) is 0 Å². The minimum atomic E-state index is 0.669. The molecule has 2 unspecified atom stereocenters. The summed E-state index contributed by atoms with van der Waals surface area (Å²) in [7, 11) is 0. The fourth-order valence-corrected chi connectivity index (χ4v) is 0.988. The Morgan fingerprint density at radius 1 is 1.00 bits per heavy atom. The van der Waals surface area contributed by atoms with Crippen LogP contribution in [-0.4, -0.2) is 9.65 Å². The Bertz CT molecular complexity index is 42.5. The predicted octanol–water partition coefficient (Wildman–Crippen LogP) is 3.33. The average molecular weight is 244 g/mol. The Morgan fingerprint density at radius 2 is 1.25 bits per heavy atom. The van der Waals surface area contributed by atoms with Gasteiger partial charge in [-0.15, -0.1) is 0 Å². The summed E-state index contributed by atoms with van der Waals surface area (Å²) in [6, 6.07) is 0. The van der Waals surface area contributed by atoms with Crippen LogP contribution in [0.15, 0.2) is 0 Å². The minimum absolute atomic E-state index is 0.669. The lowest BCUT2D eigenvalue weighted by Crippen LogP contribution is -1.95. The molecular weight excluding hydrogens is 232 g/mol. The SMILES string of the molecule is CC(Br)CCC(C)Br. The molecule has 0 saturated carbocycles. The lowest BCUT2D eigenvalue weighted by Gasteiger charge is -2.02. The van der Waals surface area contributed by atoms with E-state index >= 15 is 0 Å². The van der Waals surface area contributed by atoms with E-state index in [4.69, 9.17) is 0 Å². The van der Waals surface area contributed by atoms with Gasteiger partial charge in [-0.3, -0.25) is 0 Å². The van der Waals surface area contributed by atoms with Gasteiger partial charge in [-0.25, -0.2) is 0 Å². The van der Waals surface area contributed by atoms with Gasteiger partial charge in [0.1, 0.15) is 0 Å². The molecule has 2 atom stereocenters. The van der Waals surface area contributed by atoms with Crippen LogP contribution < -0.4 is 0 Å². The summed E-state index contributed by atoms with van der Waals surface area (Å²) in [5.41, 5.74) is 0. The fraction of sp³-hybridized carbons (Fsp3) is 1.00. The van der Waals surface area contributed by atoms with E-state index in [9.17, 15) is 0 Å². The molecule has 0 aliphatic carbocycles. The highest BCUT2D eigenvalue weighted by atomic mass is 79.9. The van der Waals surface area contributed by atoms with Crippen molar-refractivity contribution in [2.24, 2.45) is 0 Å². The van der Waals surface area contributed by atoms with Crippen molar-refractivity contribution in [3.8, 4) is 0 Å². The monoisotopic (exact) mass is 242 g/mol. The molecule has 0 aliphatic heterocycles. The van der Waals surface area contributed by atoms with Crippen molar-refractivity contribution in [1.29, 1.82) is 0 Å². The summed E-state index contributed by atoms with van der Waals surface area (Å²) in [4.78, 5) is 1.34. The maximum absolute atomic E-state index is 3.48. The van der Waals surface area contributed by atoms with E-state index in [0.717, 1.165) is 0 Å². The summed E-state index contributed by atoms with van der Waals surface area (Å²) < 4.78 is 0. The van der Waals surface area contributed by atoms with Crippen LogP contribution in [0.2, 0.25) is 0 Å². The molecule has 0 fully saturated rings. The summed E-state index contributed by atoms with van der Waals surface area (Å²) in [5, 5.41) is 0. The molecule has 0 spiro atoms. The number of hydrogen-bond donors (Lipinski definition) is 0. The first-order chi connectivity index (χ1) is 3.63. The standard InChI is InChI=1S/C6H12Br2/c1-5(7)3-4-6(2)8/h5-6H,3-4H2,1-2H3. The lowest BCUT2D eigenvalue weighted by molar-refractivity contribution is 0.738. The van der Waals surface area contributed by atoms with Crippen molar-refractivity contribution in [2.75, 3.05) is 0 Å². The molecule has 0 rings (SSSR count). The van der Waals surface area contributed by atoms with Gasteiger partial charge in [0.2, 0.25) is 0 Å². The molecule has 0 aromatic carbocycles. The zero-order valence-electron chi connectivity index (χ0n) is 5.32. The van der Waals surface area contributed by atoms with Gasteiger partial charge in [0.25, 0.3) is 0 Å². The highest BCUT2D eigenvalue weighted by Crippen LogP contribution is 2.12. The number of alkyl halides is 2. The maximum Gasteiger partial charge on any atom is 0.0117 e. The molecule has 8 heavy (non-hydrogen) atoms. The Balaban J connectivity index is 2.93. The summed E-state index contributed by atoms with van der Waals surface area (Å²) in [6.07, 6.45) is 2.51. The van der Waals surface area contributed by atoms with Gasteiger partial charge in [0, 0.05) is 9.65 Å².